The number of aryl methyl sites for hydroxylation is 1. The smallest absolute Gasteiger partial charge is 0.242 e. The second kappa shape index (κ2) is 5.33. The van der Waals surface area contributed by atoms with Gasteiger partial charge in [-0.2, -0.15) is 9.57 Å². The number of rotatable bonds is 4. The van der Waals surface area contributed by atoms with Gasteiger partial charge >= 0.3 is 0 Å². The predicted molar refractivity (Wildman–Crippen MR) is 65.6 cm³/mol. The van der Waals surface area contributed by atoms with Crippen molar-refractivity contribution in [3.8, 4) is 6.07 Å². The fourth-order valence-corrected chi connectivity index (χ4v) is 2.71. The molecular formula is C11H14FN3O2S. The third-order valence-electron chi connectivity index (χ3n) is 2.50. The molecule has 0 amide bonds. The van der Waals surface area contributed by atoms with Gasteiger partial charge < -0.3 is 5.73 Å². The first kappa shape index (κ1) is 14.4. The first-order valence-electron chi connectivity index (χ1n) is 5.19. The van der Waals surface area contributed by atoms with Gasteiger partial charge in [0.15, 0.2) is 0 Å². The van der Waals surface area contributed by atoms with Gasteiger partial charge in [-0.05, 0) is 24.6 Å². The van der Waals surface area contributed by atoms with E-state index in [0.29, 0.717) is 0 Å². The van der Waals surface area contributed by atoms with E-state index in [1.54, 1.807) is 0 Å². The summed E-state index contributed by atoms with van der Waals surface area (Å²) in [6, 6.07) is 4.17. The maximum Gasteiger partial charge on any atom is 0.242 e. The van der Waals surface area contributed by atoms with Gasteiger partial charge in [0.2, 0.25) is 10.0 Å². The van der Waals surface area contributed by atoms with E-state index in [0.717, 1.165) is 10.4 Å². The van der Waals surface area contributed by atoms with Gasteiger partial charge in [-0.3, -0.25) is 0 Å². The summed E-state index contributed by atoms with van der Waals surface area (Å²) < 4.78 is 38.6. The van der Waals surface area contributed by atoms with Gasteiger partial charge in [0.05, 0.1) is 16.7 Å². The molecule has 0 spiro atoms. The molecule has 0 saturated carbocycles. The number of anilines is 1. The van der Waals surface area contributed by atoms with Gasteiger partial charge in [0.25, 0.3) is 0 Å². The van der Waals surface area contributed by atoms with Gasteiger partial charge in [-0.15, -0.1) is 0 Å². The zero-order chi connectivity index (χ0) is 13.9. The summed E-state index contributed by atoms with van der Waals surface area (Å²) in [5.41, 5.74) is 5.37. The fraction of sp³-hybridized carbons (Fsp3) is 0.364. The Hall–Kier alpha value is -1.65. The molecule has 0 bridgehead atoms. The van der Waals surface area contributed by atoms with Crippen LogP contribution in [-0.2, 0) is 10.0 Å². The van der Waals surface area contributed by atoms with E-state index in [1.165, 1.54) is 20.0 Å². The lowest BCUT2D eigenvalue weighted by atomic mass is 10.2. The van der Waals surface area contributed by atoms with Gasteiger partial charge in [0.1, 0.15) is 5.82 Å². The van der Waals surface area contributed by atoms with Crippen molar-refractivity contribution >= 4 is 15.7 Å². The molecule has 0 atom stereocenters. The summed E-state index contributed by atoms with van der Waals surface area (Å²) in [6.45, 7) is 1.52. The van der Waals surface area contributed by atoms with Crippen LogP contribution in [0.3, 0.4) is 0 Å². The van der Waals surface area contributed by atoms with Crippen LogP contribution in [-0.4, -0.2) is 26.3 Å². The molecule has 0 aliphatic heterocycles. The summed E-state index contributed by atoms with van der Waals surface area (Å²) >= 11 is 0. The Labute approximate surface area is 106 Å². The average Bonchev–Trinajstić information content (AvgIpc) is 2.32. The standard InChI is InChI=1S/C11H14FN3O2S/c1-8-6-9(7-10(14)11(8)12)18(16,17)15(2)5-3-4-13/h6-7H,3,5,14H2,1-2H3. The Balaban J connectivity index is 3.18. The molecule has 18 heavy (non-hydrogen) atoms. The second-order valence-electron chi connectivity index (χ2n) is 3.88. The van der Waals surface area contributed by atoms with Crippen LogP contribution >= 0.6 is 0 Å². The zero-order valence-electron chi connectivity index (χ0n) is 10.1. The van der Waals surface area contributed by atoms with Gasteiger partial charge in [-0.1, -0.05) is 0 Å². The highest BCUT2D eigenvalue weighted by atomic mass is 32.2. The highest BCUT2D eigenvalue weighted by Crippen LogP contribution is 2.22. The maximum absolute atomic E-state index is 13.3. The van der Waals surface area contributed by atoms with E-state index in [4.69, 9.17) is 11.0 Å². The molecule has 0 unspecified atom stereocenters. The van der Waals surface area contributed by atoms with Crippen molar-refractivity contribution < 1.29 is 12.8 Å². The van der Waals surface area contributed by atoms with Crippen molar-refractivity contribution in [1.82, 2.24) is 4.31 Å². The van der Waals surface area contributed by atoms with Crippen molar-refractivity contribution in [1.29, 1.82) is 5.26 Å². The molecule has 0 aromatic heterocycles. The summed E-state index contributed by atoms with van der Waals surface area (Å²) in [5.74, 6) is -0.617. The molecule has 0 radical (unpaired) electrons. The SMILES string of the molecule is Cc1cc(S(=O)(=O)N(C)CCC#N)cc(N)c1F. The van der Waals surface area contributed by atoms with E-state index in [1.807, 2.05) is 6.07 Å². The van der Waals surface area contributed by atoms with Gasteiger partial charge in [-0.25, -0.2) is 12.8 Å². The fourth-order valence-electron chi connectivity index (χ4n) is 1.42. The molecular weight excluding hydrogens is 257 g/mol. The number of hydrogen-bond donors (Lipinski definition) is 1. The van der Waals surface area contributed by atoms with E-state index >= 15 is 0 Å². The predicted octanol–water partition coefficient (Wildman–Crippen LogP) is 1.25. The molecule has 0 heterocycles. The van der Waals surface area contributed by atoms with Crippen LogP contribution in [0.15, 0.2) is 17.0 Å². The lowest BCUT2D eigenvalue weighted by Gasteiger charge is -2.16. The quantitative estimate of drug-likeness (QED) is 0.835. The maximum atomic E-state index is 13.3. The van der Waals surface area contributed by atoms with Crippen LogP contribution in [0.4, 0.5) is 10.1 Å². The van der Waals surface area contributed by atoms with Crippen molar-refractivity contribution in [2.45, 2.75) is 18.2 Å². The van der Waals surface area contributed by atoms with Crippen LogP contribution in [0.2, 0.25) is 0 Å². The van der Waals surface area contributed by atoms with Crippen LogP contribution in [0.1, 0.15) is 12.0 Å². The van der Waals surface area contributed by atoms with Crippen molar-refractivity contribution in [2.75, 3.05) is 19.3 Å². The Kier molecular flexibility index (Phi) is 4.27. The molecule has 2 N–H and O–H groups in total. The number of sulfonamides is 1. The lowest BCUT2D eigenvalue weighted by molar-refractivity contribution is 0.476. The minimum absolute atomic E-state index is 0.0701. The highest BCUT2D eigenvalue weighted by molar-refractivity contribution is 7.89. The van der Waals surface area contributed by atoms with Crippen molar-refractivity contribution in [3.05, 3.63) is 23.5 Å². The number of benzene rings is 1. The molecule has 1 rings (SSSR count). The number of hydrogen-bond acceptors (Lipinski definition) is 4. The number of nitrogen functional groups attached to an aromatic ring is 1. The molecule has 1 aromatic carbocycles. The minimum Gasteiger partial charge on any atom is -0.396 e. The second-order valence-corrected chi connectivity index (χ2v) is 5.92. The lowest BCUT2D eigenvalue weighted by Crippen LogP contribution is -2.28. The average molecular weight is 271 g/mol. The molecule has 5 nitrogen and oxygen atoms in total. The Morgan fingerprint density at radius 3 is 2.61 bits per heavy atom. The van der Waals surface area contributed by atoms with Crippen molar-refractivity contribution in [2.24, 2.45) is 0 Å². The summed E-state index contributed by atoms with van der Waals surface area (Å²) in [5, 5.41) is 8.43. The third-order valence-corrected chi connectivity index (χ3v) is 4.34. The van der Waals surface area contributed by atoms with Gasteiger partial charge in [0, 0.05) is 20.0 Å². The Morgan fingerprint density at radius 1 is 1.50 bits per heavy atom. The molecule has 98 valence electrons. The van der Waals surface area contributed by atoms with Crippen LogP contribution in [0.5, 0.6) is 0 Å². The highest BCUT2D eigenvalue weighted by Gasteiger charge is 2.22. The zero-order valence-corrected chi connectivity index (χ0v) is 11.0. The van der Waals surface area contributed by atoms with E-state index < -0.39 is 15.8 Å². The number of nitriles is 1. The van der Waals surface area contributed by atoms with E-state index in [-0.39, 0.29) is 29.1 Å². The van der Waals surface area contributed by atoms with E-state index in [9.17, 15) is 12.8 Å². The molecule has 0 saturated heterocycles. The summed E-state index contributed by atoms with van der Waals surface area (Å²) in [6.07, 6.45) is 0.0887. The number of nitrogens with two attached hydrogens (primary N) is 1. The summed E-state index contributed by atoms with van der Waals surface area (Å²) in [7, 11) is -2.37. The molecule has 0 aliphatic carbocycles. The Morgan fingerprint density at radius 2 is 2.11 bits per heavy atom. The number of halogens is 1. The third kappa shape index (κ3) is 2.78. The normalized spacial score (nSPS) is 11.5. The monoisotopic (exact) mass is 271 g/mol. The van der Waals surface area contributed by atoms with Crippen LogP contribution < -0.4 is 5.73 Å². The molecule has 7 heteroatoms. The molecule has 0 aliphatic rings. The van der Waals surface area contributed by atoms with Crippen LogP contribution in [0, 0.1) is 24.1 Å². The Bertz CT molecular complexity index is 570. The van der Waals surface area contributed by atoms with Crippen molar-refractivity contribution in [3.63, 3.8) is 0 Å². The molecule has 0 fully saturated rings. The topological polar surface area (TPSA) is 87.2 Å². The number of nitrogens with zero attached hydrogens (tertiary/aromatic N) is 2. The minimum atomic E-state index is -3.74. The first-order chi connectivity index (χ1) is 8.30. The molecule has 1 aromatic rings. The first-order valence-corrected chi connectivity index (χ1v) is 6.63. The largest absolute Gasteiger partial charge is 0.396 e. The summed E-state index contributed by atoms with van der Waals surface area (Å²) in [4.78, 5) is -0.0701. The van der Waals surface area contributed by atoms with Crippen LogP contribution in [0.25, 0.3) is 0 Å². The van der Waals surface area contributed by atoms with E-state index in [2.05, 4.69) is 0 Å².